The number of hydrogen-bond acceptors (Lipinski definition) is 4. The third-order valence-corrected chi connectivity index (χ3v) is 4.20. The van der Waals surface area contributed by atoms with Crippen molar-refractivity contribution in [2.45, 2.75) is 42.8 Å². The molecule has 1 aromatic carbocycles. The van der Waals surface area contributed by atoms with Crippen LogP contribution < -0.4 is 5.32 Å². The second-order valence-electron chi connectivity index (χ2n) is 5.00. The van der Waals surface area contributed by atoms with Gasteiger partial charge >= 0.3 is 0 Å². The number of benzene rings is 1. The molecule has 0 aliphatic heterocycles. The molecule has 0 saturated heterocycles. The Morgan fingerprint density at radius 3 is 2.63 bits per heavy atom. The molecule has 106 valence electrons. The molecule has 1 aliphatic rings. The van der Waals surface area contributed by atoms with E-state index in [-0.39, 0.29) is 0 Å². The fourth-order valence-electron chi connectivity index (χ4n) is 2.31. The van der Waals surface area contributed by atoms with Crippen LogP contribution in [0, 0.1) is 0 Å². The monoisotopic (exact) mass is 281 g/mol. The highest BCUT2D eigenvalue weighted by molar-refractivity contribution is 7.98. The van der Waals surface area contributed by atoms with Gasteiger partial charge in [0.15, 0.2) is 0 Å². The van der Waals surface area contributed by atoms with Crippen LogP contribution in [-0.4, -0.2) is 36.7 Å². The third kappa shape index (κ3) is 5.05. The molecule has 0 aromatic heterocycles. The standard InChI is InChI=1S/C15H23NO2S/c1-19-15-8-6-12(7-9-15)16-10-13(17)11-18-14-4-2-3-5-14/h6-9,13-14,16-17H,2-5,10-11H2,1H3. The summed E-state index contributed by atoms with van der Waals surface area (Å²) in [5, 5.41) is 13.1. The highest BCUT2D eigenvalue weighted by Crippen LogP contribution is 2.21. The molecule has 19 heavy (non-hydrogen) atoms. The van der Waals surface area contributed by atoms with Crippen LogP contribution in [0.1, 0.15) is 25.7 Å². The molecule has 4 heteroatoms. The second kappa shape index (κ2) is 7.78. The molecule has 1 atom stereocenters. The predicted octanol–water partition coefficient (Wildman–Crippen LogP) is 3.14. The Balaban J connectivity index is 1.65. The number of rotatable bonds is 7. The highest BCUT2D eigenvalue weighted by atomic mass is 32.2. The van der Waals surface area contributed by atoms with Crippen LogP contribution in [-0.2, 0) is 4.74 Å². The molecule has 1 saturated carbocycles. The maximum atomic E-state index is 9.88. The molecule has 3 nitrogen and oxygen atoms in total. The lowest BCUT2D eigenvalue weighted by Crippen LogP contribution is -2.27. The van der Waals surface area contributed by atoms with Crippen LogP contribution in [0.15, 0.2) is 29.2 Å². The first-order chi connectivity index (χ1) is 9.28. The minimum absolute atomic E-state index is 0.371. The van der Waals surface area contributed by atoms with Gasteiger partial charge in [0.2, 0.25) is 0 Å². The Morgan fingerprint density at radius 2 is 2.00 bits per heavy atom. The molecule has 0 radical (unpaired) electrons. The van der Waals surface area contributed by atoms with Gasteiger partial charge in [0.25, 0.3) is 0 Å². The van der Waals surface area contributed by atoms with E-state index in [1.165, 1.54) is 17.7 Å². The first kappa shape index (κ1) is 14.7. The summed E-state index contributed by atoms with van der Waals surface area (Å²) in [5.41, 5.74) is 1.04. The van der Waals surface area contributed by atoms with Gasteiger partial charge in [-0.25, -0.2) is 0 Å². The molecule has 1 unspecified atom stereocenters. The smallest absolute Gasteiger partial charge is 0.0945 e. The van der Waals surface area contributed by atoms with Crippen molar-refractivity contribution in [1.29, 1.82) is 0 Å². The van der Waals surface area contributed by atoms with Gasteiger partial charge in [-0.15, -0.1) is 11.8 Å². The van der Waals surface area contributed by atoms with Crippen molar-refractivity contribution in [3.05, 3.63) is 24.3 Å². The van der Waals surface area contributed by atoms with Gasteiger partial charge in [0.1, 0.15) is 0 Å². The van der Waals surface area contributed by atoms with Crippen LogP contribution in [0.3, 0.4) is 0 Å². The quantitative estimate of drug-likeness (QED) is 0.753. The zero-order valence-corrected chi connectivity index (χ0v) is 12.3. The molecular weight excluding hydrogens is 258 g/mol. The van der Waals surface area contributed by atoms with Crippen molar-refractivity contribution in [2.75, 3.05) is 24.7 Å². The van der Waals surface area contributed by atoms with Crippen molar-refractivity contribution in [3.63, 3.8) is 0 Å². The van der Waals surface area contributed by atoms with Crippen LogP contribution in [0.4, 0.5) is 5.69 Å². The minimum atomic E-state index is -0.444. The maximum absolute atomic E-state index is 9.88. The molecule has 1 aliphatic carbocycles. The lowest BCUT2D eigenvalue weighted by Gasteiger charge is -2.16. The molecule has 0 bridgehead atoms. The Hall–Kier alpha value is -0.710. The summed E-state index contributed by atoms with van der Waals surface area (Å²) in [6.07, 6.45) is 6.82. The van der Waals surface area contributed by atoms with E-state index in [1.807, 2.05) is 12.1 Å². The Morgan fingerprint density at radius 1 is 1.32 bits per heavy atom. The van der Waals surface area contributed by atoms with Crippen molar-refractivity contribution in [2.24, 2.45) is 0 Å². The zero-order chi connectivity index (χ0) is 13.5. The number of hydrogen-bond donors (Lipinski definition) is 2. The van der Waals surface area contributed by atoms with E-state index in [4.69, 9.17) is 4.74 Å². The van der Waals surface area contributed by atoms with Crippen molar-refractivity contribution in [1.82, 2.24) is 0 Å². The van der Waals surface area contributed by atoms with Gasteiger partial charge in [-0.2, -0.15) is 0 Å². The number of nitrogens with one attached hydrogen (secondary N) is 1. The van der Waals surface area contributed by atoms with Crippen LogP contribution in [0.2, 0.25) is 0 Å². The Labute approximate surface area is 119 Å². The summed E-state index contributed by atoms with van der Waals surface area (Å²) in [6.45, 7) is 0.964. The van der Waals surface area contributed by atoms with E-state index < -0.39 is 6.10 Å². The highest BCUT2D eigenvalue weighted by Gasteiger charge is 2.16. The lowest BCUT2D eigenvalue weighted by atomic mass is 10.3. The Bertz CT molecular complexity index is 363. The number of aliphatic hydroxyl groups is 1. The largest absolute Gasteiger partial charge is 0.389 e. The van der Waals surface area contributed by atoms with E-state index in [0.29, 0.717) is 19.3 Å². The van der Waals surface area contributed by atoms with Crippen LogP contribution in [0.25, 0.3) is 0 Å². The summed E-state index contributed by atoms with van der Waals surface area (Å²) in [6, 6.07) is 8.23. The van der Waals surface area contributed by atoms with Gasteiger partial charge < -0.3 is 15.2 Å². The van der Waals surface area contributed by atoms with E-state index in [9.17, 15) is 5.11 Å². The average Bonchev–Trinajstić information content (AvgIpc) is 2.96. The number of aliphatic hydroxyl groups excluding tert-OH is 1. The Kier molecular flexibility index (Phi) is 6.01. The molecule has 1 fully saturated rings. The molecule has 2 N–H and O–H groups in total. The van der Waals surface area contributed by atoms with Crippen molar-refractivity contribution in [3.8, 4) is 0 Å². The SMILES string of the molecule is CSc1ccc(NCC(O)COC2CCCC2)cc1. The van der Waals surface area contributed by atoms with Gasteiger partial charge in [-0.05, 0) is 43.4 Å². The van der Waals surface area contributed by atoms with E-state index in [1.54, 1.807) is 11.8 Å². The minimum Gasteiger partial charge on any atom is -0.389 e. The summed E-state index contributed by atoms with van der Waals surface area (Å²) in [4.78, 5) is 1.25. The number of thioether (sulfide) groups is 1. The fourth-order valence-corrected chi connectivity index (χ4v) is 2.71. The average molecular weight is 281 g/mol. The number of anilines is 1. The van der Waals surface area contributed by atoms with Gasteiger partial charge in [0.05, 0.1) is 18.8 Å². The molecule has 0 spiro atoms. The van der Waals surface area contributed by atoms with Gasteiger partial charge in [0, 0.05) is 17.1 Å². The first-order valence-electron chi connectivity index (χ1n) is 6.95. The maximum Gasteiger partial charge on any atom is 0.0945 e. The lowest BCUT2D eigenvalue weighted by molar-refractivity contribution is -0.00117. The molecule has 1 aromatic rings. The summed E-state index contributed by atoms with van der Waals surface area (Å²) >= 11 is 1.73. The molecule has 0 amide bonds. The third-order valence-electron chi connectivity index (χ3n) is 3.46. The predicted molar refractivity (Wildman–Crippen MR) is 80.9 cm³/mol. The van der Waals surface area contributed by atoms with Crippen LogP contribution >= 0.6 is 11.8 Å². The van der Waals surface area contributed by atoms with Crippen LogP contribution in [0.5, 0.6) is 0 Å². The van der Waals surface area contributed by atoms with Gasteiger partial charge in [-0.3, -0.25) is 0 Å². The van der Waals surface area contributed by atoms with E-state index in [0.717, 1.165) is 18.5 Å². The first-order valence-corrected chi connectivity index (χ1v) is 8.18. The molecule has 0 heterocycles. The molecule has 2 rings (SSSR count). The second-order valence-corrected chi connectivity index (χ2v) is 5.88. The summed E-state index contributed by atoms with van der Waals surface area (Å²) in [7, 11) is 0. The summed E-state index contributed by atoms with van der Waals surface area (Å²) < 4.78 is 5.70. The van der Waals surface area contributed by atoms with Crippen molar-refractivity contribution >= 4 is 17.4 Å². The zero-order valence-electron chi connectivity index (χ0n) is 11.5. The molecular formula is C15H23NO2S. The van der Waals surface area contributed by atoms with E-state index >= 15 is 0 Å². The number of ether oxygens (including phenoxy) is 1. The normalized spacial score (nSPS) is 17.6. The van der Waals surface area contributed by atoms with Crippen molar-refractivity contribution < 1.29 is 9.84 Å². The van der Waals surface area contributed by atoms with E-state index in [2.05, 4.69) is 23.7 Å². The van der Waals surface area contributed by atoms with Gasteiger partial charge in [-0.1, -0.05) is 12.8 Å². The summed E-state index contributed by atoms with van der Waals surface area (Å²) in [5.74, 6) is 0. The fraction of sp³-hybridized carbons (Fsp3) is 0.600. The topological polar surface area (TPSA) is 41.5 Å².